The number of amidine groups is 1. The topological polar surface area (TPSA) is 49.6 Å². The molecule has 0 spiro atoms. The summed E-state index contributed by atoms with van der Waals surface area (Å²) in [6.07, 6.45) is 6.52. The Labute approximate surface area is 298 Å². The smallest absolute Gasteiger partial charge is 0.165 e. The van der Waals surface area contributed by atoms with Crippen molar-refractivity contribution in [1.29, 1.82) is 0 Å². The summed E-state index contributed by atoms with van der Waals surface area (Å²) in [5.41, 5.74) is 8.14. The average molecular weight is 659 g/mol. The van der Waals surface area contributed by atoms with Crippen LogP contribution in [0.5, 0.6) is 0 Å². The van der Waals surface area contributed by atoms with Crippen molar-refractivity contribution in [2.45, 2.75) is 31.3 Å². The molecule has 0 fully saturated rings. The van der Waals surface area contributed by atoms with Crippen LogP contribution >= 0.6 is 0 Å². The Hall–Kier alpha value is -5.97. The summed E-state index contributed by atoms with van der Waals surface area (Å²) in [5.74, 6) is 0.576. The maximum Gasteiger partial charge on any atom is 0.165 e. The number of aryl methyl sites for hydroxylation is 2. The van der Waals surface area contributed by atoms with Gasteiger partial charge in [-0.25, -0.2) is 9.98 Å². The number of hydrogen-bond donors (Lipinski definition) is 1. The van der Waals surface area contributed by atoms with Gasteiger partial charge >= 0.3 is 0 Å². The van der Waals surface area contributed by atoms with Gasteiger partial charge in [-0.1, -0.05) is 121 Å². The van der Waals surface area contributed by atoms with Crippen LogP contribution in [0, 0.1) is 0 Å². The van der Waals surface area contributed by atoms with E-state index >= 15 is 0 Å². The first kappa shape index (κ1) is 31.0. The van der Waals surface area contributed by atoms with Crippen LogP contribution in [0.15, 0.2) is 156 Å². The molecule has 0 saturated heterocycles. The summed E-state index contributed by atoms with van der Waals surface area (Å²) in [4.78, 5) is 15.1. The minimum atomic E-state index is -0.993. The van der Waals surface area contributed by atoms with Gasteiger partial charge in [-0.3, -0.25) is 10.3 Å². The highest BCUT2D eigenvalue weighted by atomic mass is 15.2. The van der Waals surface area contributed by atoms with E-state index in [1.807, 2.05) is 31.4 Å². The number of nitrogens with one attached hydrogen (secondary N) is 1. The second-order valence-electron chi connectivity index (χ2n) is 13.6. The van der Waals surface area contributed by atoms with Gasteiger partial charge in [0.1, 0.15) is 0 Å². The third-order valence-electron chi connectivity index (χ3n) is 10.8. The average Bonchev–Trinajstić information content (AvgIpc) is 3.21. The van der Waals surface area contributed by atoms with Gasteiger partial charge in [-0.15, -0.1) is 0 Å². The molecule has 1 N–H and O–H groups in total. The lowest BCUT2D eigenvalue weighted by molar-refractivity contribution is 0.468. The Kier molecular flexibility index (Phi) is 7.75. The molecule has 1 heterocycles. The Morgan fingerprint density at radius 2 is 1.25 bits per heavy atom. The first-order valence-electron chi connectivity index (χ1n) is 17.8. The van der Waals surface area contributed by atoms with Crippen molar-refractivity contribution in [2.75, 3.05) is 7.05 Å². The fraction of sp³-hybridized carbons (Fsp3) is 0.128. The predicted molar refractivity (Wildman–Crippen MR) is 215 cm³/mol. The molecule has 51 heavy (non-hydrogen) atoms. The molecule has 4 nitrogen and oxygen atoms in total. The molecule has 1 atom stereocenters. The summed E-state index contributed by atoms with van der Waals surface area (Å²) in [5, 5.41) is 12.2. The number of aromatic nitrogens is 1. The van der Waals surface area contributed by atoms with Crippen molar-refractivity contribution in [3.05, 3.63) is 174 Å². The third kappa shape index (κ3) is 5.22. The fourth-order valence-electron chi connectivity index (χ4n) is 8.26. The van der Waals surface area contributed by atoms with E-state index in [4.69, 9.17) is 9.98 Å². The molecule has 0 radical (unpaired) electrons. The Morgan fingerprint density at radius 1 is 0.627 bits per heavy atom. The predicted octanol–water partition coefficient (Wildman–Crippen LogP) is 10.8. The zero-order valence-corrected chi connectivity index (χ0v) is 28.7. The molecule has 1 aromatic heterocycles. The first-order valence-corrected chi connectivity index (χ1v) is 17.8. The summed E-state index contributed by atoms with van der Waals surface area (Å²) in [6, 6.07) is 49.8. The van der Waals surface area contributed by atoms with Crippen molar-refractivity contribution in [3.8, 4) is 11.1 Å². The van der Waals surface area contributed by atoms with E-state index in [0.29, 0.717) is 5.84 Å². The third-order valence-corrected chi connectivity index (χ3v) is 10.8. The highest BCUT2D eigenvalue weighted by molar-refractivity contribution is 6.10. The molecule has 8 aromatic rings. The van der Waals surface area contributed by atoms with E-state index in [-0.39, 0.29) is 0 Å². The van der Waals surface area contributed by atoms with Gasteiger partial charge in [-0.05, 0) is 107 Å². The Balaban J connectivity index is 1.30. The van der Waals surface area contributed by atoms with E-state index in [2.05, 4.69) is 138 Å². The largest absolute Gasteiger partial charge is 0.289 e. The molecule has 4 heteroatoms. The van der Waals surface area contributed by atoms with E-state index in [1.165, 1.54) is 50.9 Å². The van der Waals surface area contributed by atoms with Crippen molar-refractivity contribution < 1.29 is 0 Å². The van der Waals surface area contributed by atoms with Crippen molar-refractivity contribution >= 4 is 55.8 Å². The number of aliphatic imine (C=N–C) groups is 2. The molecule has 0 amide bonds. The second kappa shape index (κ2) is 12.7. The van der Waals surface area contributed by atoms with Crippen LogP contribution in [0.2, 0.25) is 0 Å². The zero-order chi connectivity index (χ0) is 34.4. The Morgan fingerprint density at radius 3 is 2.02 bits per heavy atom. The van der Waals surface area contributed by atoms with Gasteiger partial charge in [-0.2, -0.15) is 0 Å². The maximum absolute atomic E-state index is 5.72. The molecule has 0 bridgehead atoms. The molecule has 0 saturated carbocycles. The number of hydrogen-bond acceptors (Lipinski definition) is 3. The van der Waals surface area contributed by atoms with Gasteiger partial charge in [0.05, 0.1) is 5.52 Å². The number of nitrogens with zero attached hydrogens (tertiary/aromatic N) is 3. The van der Waals surface area contributed by atoms with Gasteiger partial charge in [0.2, 0.25) is 0 Å². The summed E-state index contributed by atoms with van der Waals surface area (Å²) < 4.78 is 0. The van der Waals surface area contributed by atoms with Crippen LogP contribution in [0.4, 0.5) is 0 Å². The van der Waals surface area contributed by atoms with Crippen molar-refractivity contribution in [3.63, 3.8) is 0 Å². The van der Waals surface area contributed by atoms with E-state index in [0.717, 1.165) is 56.9 Å². The molecule has 246 valence electrons. The monoisotopic (exact) mass is 658 g/mol. The number of fused-ring (bicyclic) bond motifs is 7. The molecular formula is C47H38N4. The van der Waals surface area contributed by atoms with E-state index in [9.17, 15) is 0 Å². The number of pyridine rings is 1. The van der Waals surface area contributed by atoms with Crippen LogP contribution in [-0.4, -0.2) is 24.6 Å². The summed E-state index contributed by atoms with van der Waals surface area (Å²) >= 11 is 0. The van der Waals surface area contributed by atoms with Crippen LogP contribution in [0.25, 0.3) is 54.3 Å². The SMILES string of the molecule is C=NC(=NC(NC)(c1cc2c(c3ccccc13)CCCC2)c1cc2ccccc2c2ccccc12)c1ccc(-c2cnc3ccccc3c2)cc1. The van der Waals surface area contributed by atoms with Gasteiger partial charge in [0, 0.05) is 33.8 Å². The minimum absolute atomic E-state index is 0.576. The standard InChI is InChI=1S/C47H38N4/c1-48-46(32-25-23-31(24-26-32)36-27-35-15-5-12-22-45(35)50-30-36)51-47(49-2,43-28-33-13-3-6-16-37(33)39-18-8-10-20-41(39)43)44-29-34-14-4-7-17-38(34)40-19-9-11-21-42(40)44/h3,5-6,8-13,15-16,18-30,49H,1,4,7,14,17H2,2H3. The number of rotatable bonds is 6. The summed E-state index contributed by atoms with van der Waals surface area (Å²) in [6.45, 7) is 4.08. The number of benzene rings is 7. The van der Waals surface area contributed by atoms with E-state index in [1.54, 1.807) is 0 Å². The highest BCUT2D eigenvalue weighted by Gasteiger charge is 2.38. The molecule has 0 aliphatic heterocycles. The van der Waals surface area contributed by atoms with Crippen molar-refractivity contribution in [1.82, 2.24) is 10.3 Å². The lowest BCUT2D eigenvalue weighted by atomic mass is 9.79. The van der Waals surface area contributed by atoms with Gasteiger partial charge in [0.15, 0.2) is 11.5 Å². The molecule has 1 aliphatic carbocycles. The van der Waals surface area contributed by atoms with Crippen LogP contribution in [0.1, 0.15) is 40.7 Å². The van der Waals surface area contributed by atoms with Gasteiger partial charge in [0.25, 0.3) is 0 Å². The van der Waals surface area contributed by atoms with Crippen LogP contribution in [-0.2, 0) is 18.5 Å². The molecule has 1 aliphatic rings. The minimum Gasteiger partial charge on any atom is -0.289 e. The van der Waals surface area contributed by atoms with Crippen LogP contribution in [0.3, 0.4) is 0 Å². The quantitative estimate of drug-likeness (QED) is 0.110. The maximum atomic E-state index is 5.72. The van der Waals surface area contributed by atoms with Crippen LogP contribution < -0.4 is 5.32 Å². The normalized spacial score (nSPS) is 14.5. The van der Waals surface area contributed by atoms with Crippen molar-refractivity contribution in [2.24, 2.45) is 9.98 Å². The zero-order valence-electron chi connectivity index (χ0n) is 28.7. The highest BCUT2D eigenvalue weighted by Crippen LogP contribution is 2.44. The molecule has 7 aromatic carbocycles. The first-order chi connectivity index (χ1) is 25.2. The van der Waals surface area contributed by atoms with Gasteiger partial charge < -0.3 is 0 Å². The second-order valence-corrected chi connectivity index (χ2v) is 13.6. The fourth-order valence-corrected chi connectivity index (χ4v) is 8.26. The molecule has 9 rings (SSSR count). The molecular weight excluding hydrogens is 621 g/mol. The lowest BCUT2D eigenvalue weighted by Crippen LogP contribution is -2.41. The molecule has 1 unspecified atom stereocenters. The Bertz CT molecular complexity index is 2650. The lowest BCUT2D eigenvalue weighted by Gasteiger charge is -2.35. The number of para-hydroxylation sites is 1. The summed E-state index contributed by atoms with van der Waals surface area (Å²) in [7, 11) is 2.03. The van der Waals surface area contributed by atoms with E-state index < -0.39 is 5.66 Å².